The van der Waals surface area contributed by atoms with Crippen molar-refractivity contribution in [3.63, 3.8) is 0 Å². The van der Waals surface area contributed by atoms with Crippen LogP contribution < -0.4 is 5.32 Å². The molecule has 3 aromatic rings. The first-order valence-corrected chi connectivity index (χ1v) is 8.89. The van der Waals surface area contributed by atoms with E-state index < -0.39 is 0 Å². The minimum atomic E-state index is -0.0986. The Balaban J connectivity index is 1.54. The van der Waals surface area contributed by atoms with Crippen molar-refractivity contribution >= 4 is 11.7 Å². The first kappa shape index (κ1) is 16.3. The Labute approximate surface area is 152 Å². The zero-order valence-electron chi connectivity index (χ0n) is 14.4. The topological polar surface area (TPSA) is 73.9 Å². The van der Waals surface area contributed by atoms with Crippen LogP contribution in [0.1, 0.15) is 31.1 Å². The van der Waals surface area contributed by atoms with Gasteiger partial charge in [-0.1, -0.05) is 30.3 Å². The number of imidazole rings is 1. The molecule has 6 heteroatoms. The van der Waals surface area contributed by atoms with E-state index in [-0.39, 0.29) is 12.1 Å². The molecule has 26 heavy (non-hydrogen) atoms. The summed E-state index contributed by atoms with van der Waals surface area (Å²) in [5.41, 5.74) is 2.81. The predicted octanol–water partition coefficient (Wildman–Crippen LogP) is 4.23. The fourth-order valence-corrected chi connectivity index (χ4v) is 3.36. The number of anilines is 1. The third-order valence-electron chi connectivity index (χ3n) is 4.69. The molecule has 0 spiro atoms. The summed E-state index contributed by atoms with van der Waals surface area (Å²) in [5.74, 6) is 0.841. The standard InChI is InChI=1S/C20H21N5O/c26-20(23-16-9-11-21-12-10-16)25-13-5-4-8-18(25)19-22-14-17(24-19)15-6-2-1-3-7-15/h1-3,6-7,9-12,14,18H,4-5,8,13H2,(H,22,24)(H,21,23,26). The van der Waals surface area contributed by atoms with Crippen molar-refractivity contribution in [3.05, 3.63) is 66.9 Å². The van der Waals surface area contributed by atoms with E-state index in [4.69, 9.17) is 0 Å². The number of urea groups is 1. The van der Waals surface area contributed by atoms with Crippen LogP contribution in [0, 0.1) is 0 Å². The molecule has 1 atom stereocenters. The molecule has 6 nitrogen and oxygen atoms in total. The SMILES string of the molecule is O=C(Nc1ccncc1)N1CCCCC1c1ncc(-c2ccccc2)[nH]1. The molecule has 1 aliphatic heterocycles. The number of amides is 2. The van der Waals surface area contributed by atoms with Gasteiger partial charge in [-0.05, 0) is 37.0 Å². The van der Waals surface area contributed by atoms with Crippen LogP contribution in [0.25, 0.3) is 11.3 Å². The molecule has 1 saturated heterocycles. The van der Waals surface area contributed by atoms with Crippen molar-refractivity contribution in [1.29, 1.82) is 0 Å². The van der Waals surface area contributed by atoms with E-state index in [0.29, 0.717) is 0 Å². The minimum absolute atomic E-state index is 0.0388. The Morgan fingerprint density at radius 1 is 1.12 bits per heavy atom. The number of pyridine rings is 1. The lowest BCUT2D eigenvalue weighted by atomic mass is 10.0. The number of aromatic amines is 1. The van der Waals surface area contributed by atoms with Gasteiger partial charge < -0.3 is 15.2 Å². The molecule has 1 aliphatic rings. The highest BCUT2D eigenvalue weighted by Gasteiger charge is 2.30. The molecule has 1 unspecified atom stereocenters. The van der Waals surface area contributed by atoms with Gasteiger partial charge in [0.25, 0.3) is 0 Å². The molecular weight excluding hydrogens is 326 g/mol. The summed E-state index contributed by atoms with van der Waals surface area (Å²) in [5, 5.41) is 2.96. The summed E-state index contributed by atoms with van der Waals surface area (Å²) in [6, 6.07) is 13.5. The smallest absolute Gasteiger partial charge is 0.322 e. The second kappa shape index (κ2) is 7.39. The third-order valence-corrected chi connectivity index (χ3v) is 4.69. The largest absolute Gasteiger partial charge is 0.340 e. The van der Waals surface area contributed by atoms with Crippen LogP contribution in [-0.2, 0) is 0 Å². The van der Waals surface area contributed by atoms with E-state index in [9.17, 15) is 4.79 Å². The van der Waals surface area contributed by atoms with E-state index in [2.05, 4.69) is 20.3 Å². The van der Waals surface area contributed by atoms with Gasteiger partial charge in [-0.15, -0.1) is 0 Å². The zero-order valence-corrected chi connectivity index (χ0v) is 14.4. The summed E-state index contributed by atoms with van der Waals surface area (Å²) < 4.78 is 0. The molecule has 2 N–H and O–H groups in total. The van der Waals surface area contributed by atoms with Crippen LogP contribution in [-0.4, -0.2) is 32.4 Å². The Morgan fingerprint density at radius 3 is 2.73 bits per heavy atom. The maximum atomic E-state index is 12.8. The van der Waals surface area contributed by atoms with Gasteiger partial charge in [-0.3, -0.25) is 4.98 Å². The monoisotopic (exact) mass is 347 g/mol. The summed E-state index contributed by atoms with van der Waals surface area (Å²) in [4.78, 5) is 26.6. The van der Waals surface area contributed by atoms with Crippen LogP contribution in [0.2, 0.25) is 0 Å². The Hall–Kier alpha value is -3.15. The van der Waals surface area contributed by atoms with Gasteiger partial charge in [0.1, 0.15) is 5.82 Å². The lowest BCUT2D eigenvalue weighted by Crippen LogP contribution is -2.41. The first-order chi connectivity index (χ1) is 12.8. The average Bonchev–Trinajstić information content (AvgIpc) is 3.19. The molecule has 4 rings (SSSR count). The number of rotatable bonds is 3. The fourth-order valence-electron chi connectivity index (χ4n) is 3.36. The van der Waals surface area contributed by atoms with Crippen LogP contribution in [0.3, 0.4) is 0 Å². The normalized spacial score (nSPS) is 17.1. The number of aromatic nitrogens is 3. The van der Waals surface area contributed by atoms with Gasteiger partial charge in [-0.25, -0.2) is 9.78 Å². The quantitative estimate of drug-likeness (QED) is 0.744. The van der Waals surface area contributed by atoms with Gasteiger partial charge >= 0.3 is 6.03 Å². The Morgan fingerprint density at radius 2 is 1.92 bits per heavy atom. The van der Waals surface area contributed by atoms with Crippen molar-refractivity contribution in [2.24, 2.45) is 0 Å². The second-order valence-corrected chi connectivity index (χ2v) is 6.42. The molecule has 1 fully saturated rings. The molecule has 0 radical (unpaired) electrons. The number of H-pyrrole nitrogens is 1. The van der Waals surface area contributed by atoms with Crippen molar-refractivity contribution < 1.29 is 4.79 Å². The lowest BCUT2D eigenvalue weighted by Gasteiger charge is -2.34. The molecule has 0 aliphatic carbocycles. The number of carbonyl (C=O) groups excluding carboxylic acids is 1. The number of nitrogens with one attached hydrogen (secondary N) is 2. The van der Waals surface area contributed by atoms with E-state index in [1.807, 2.05) is 41.4 Å². The summed E-state index contributed by atoms with van der Waals surface area (Å²) in [6.45, 7) is 0.725. The number of piperidine rings is 1. The summed E-state index contributed by atoms with van der Waals surface area (Å²) in [6.07, 6.45) is 8.19. The number of benzene rings is 1. The number of hydrogen-bond donors (Lipinski definition) is 2. The van der Waals surface area contributed by atoms with Gasteiger partial charge in [-0.2, -0.15) is 0 Å². The molecule has 1 aromatic carbocycles. The number of likely N-dealkylation sites (tertiary alicyclic amines) is 1. The first-order valence-electron chi connectivity index (χ1n) is 8.89. The maximum Gasteiger partial charge on any atom is 0.322 e. The van der Waals surface area contributed by atoms with Gasteiger partial charge in [0.2, 0.25) is 0 Å². The van der Waals surface area contributed by atoms with Crippen LogP contribution in [0.4, 0.5) is 10.5 Å². The fraction of sp³-hybridized carbons (Fsp3) is 0.250. The van der Waals surface area contributed by atoms with Crippen molar-refractivity contribution in [2.75, 3.05) is 11.9 Å². The second-order valence-electron chi connectivity index (χ2n) is 6.42. The van der Waals surface area contributed by atoms with E-state index in [1.165, 1.54) is 0 Å². The molecule has 3 heterocycles. The molecule has 2 aromatic heterocycles. The predicted molar refractivity (Wildman–Crippen MR) is 101 cm³/mol. The zero-order chi connectivity index (χ0) is 17.8. The van der Waals surface area contributed by atoms with E-state index in [1.54, 1.807) is 24.5 Å². The molecular formula is C20H21N5O. The highest BCUT2D eigenvalue weighted by Crippen LogP contribution is 2.31. The van der Waals surface area contributed by atoms with Crippen LogP contribution in [0.5, 0.6) is 0 Å². The summed E-state index contributed by atoms with van der Waals surface area (Å²) in [7, 11) is 0. The lowest BCUT2D eigenvalue weighted by molar-refractivity contribution is 0.160. The van der Waals surface area contributed by atoms with Crippen molar-refractivity contribution in [1.82, 2.24) is 19.9 Å². The van der Waals surface area contributed by atoms with Gasteiger partial charge in [0, 0.05) is 24.6 Å². The van der Waals surface area contributed by atoms with Crippen LogP contribution in [0.15, 0.2) is 61.1 Å². The highest BCUT2D eigenvalue weighted by molar-refractivity contribution is 5.89. The third kappa shape index (κ3) is 3.44. The van der Waals surface area contributed by atoms with Gasteiger partial charge in [0.05, 0.1) is 17.9 Å². The van der Waals surface area contributed by atoms with E-state index in [0.717, 1.165) is 48.6 Å². The number of nitrogens with zero attached hydrogens (tertiary/aromatic N) is 3. The summed E-state index contributed by atoms with van der Waals surface area (Å²) >= 11 is 0. The van der Waals surface area contributed by atoms with Gasteiger partial charge in [0.15, 0.2) is 0 Å². The van der Waals surface area contributed by atoms with Crippen molar-refractivity contribution in [2.45, 2.75) is 25.3 Å². The average molecular weight is 347 g/mol. The maximum absolute atomic E-state index is 12.8. The molecule has 0 bridgehead atoms. The Bertz CT molecular complexity index is 862. The Kier molecular flexibility index (Phi) is 4.64. The molecule has 0 saturated carbocycles. The number of carbonyl (C=O) groups is 1. The highest BCUT2D eigenvalue weighted by atomic mass is 16.2. The molecule has 2 amide bonds. The van der Waals surface area contributed by atoms with E-state index >= 15 is 0 Å². The minimum Gasteiger partial charge on any atom is -0.340 e. The molecule has 132 valence electrons. The van der Waals surface area contributed by atoms with Crippen LogP contribution >= 0.6 is 0 Å². The number of hydrogen-bond acceptors (Lipinski definition) is 3. The van der Waals surface area contributed by atoms with Crippen molar-refractivity contribution in [3.8, 4) is 11.3 Å².